The number of benzene rings is 1. The number of nitrogens with zero attached hydrogens (tertiary/aromatic N) is 1. The lowest BCUT2D eigenvalue weighted by atomic mass is 10.1. The molecule has 0 aromatic heterocycles. The molecule has 1 aromatic carbocycles. The van der Waals surface area contributed by atoms with Gasteiger partial charge >= 0.3 is 5.97 Å². The summed E-state index contributed by atoms with van der Waals surface area (Å²) in [6, 6.07) is 11.1. The van der Waals surface area contributed by atoms with Gasteiger partial charge in [0.25, 0.3) is 0 Å². The summed E-state index contributed by atoms with van der Waals surface area (Å²) in [5.41, 5.74) is -2.72. The van der Waals surface area contributed by atoms with E-state index < -0.39 is 17.1 Å². The van der Waals surface area contributed by atoms with E-state index >= 15 is 0 Å². The Bertz CT molecular complexity index is 528. The largest absolute Gasteiger partial charge is 0.465 e. The first-order valence-electron chi connectivity index (χ1n) is 6.47. The van der Waals surface area contributed by atoms with Crippen LogP contribution in [-0.2, 0) is 20.9 Å². The zero-order chi connectivity index (χ0) is 14.6. The minimum atomic E-state index is -1.94. The van der Waals surface area contributed by atoms with Crippen LogP contribution in [0.25, 0.3) is 0 Å². The zero-order valence-corrected chi connectivity index (χ0v) is 11.3. The Morgan fingerprint density at radius 3 is 2.75 bits per heavy atom. The van der Waals surface area contributed by atoms with E-state index in [-0.39, 0.29) is 26.2 Å². The molecular formula is C15H16FNO3. The number of carbonyl (C=O) groups is 1. The van der Waals surface area contributed by atoms with Crippen LogP contribution >= 0.6 is 0 Å². The smallest absolute Gasteiger partial charge is 0.330 e. The maximum atomic E-state index is 14.4. The normalized spacial score (nSPS) is 27.6. The number of rotatable bonds is 6. The summed E-state index contributed by atoms with van der Waals surface area (Å²) in [6.45, 7) is 1.71. The molecule has 2 atom stereocenters. The second kappa shape index (κ2) is 5.59. The Balaban J connectivity index is 1.90. The summed E-state index contributed by atoms with van der Waals surface area (Å²) in [6.07, 6.45) is -0.163. The average molecular weight is 277 g/mol. The van der Waals surface area contributed by atoms with E-state index in [0.717, 1.165) is 5.56 Å². The maximum Gasteiger partial charge on any atom is 0.330 e. The third-order valence-electron chi connectivity index (χ3n) is 3.44. The number of carbonyl (C=O) groups excluding carboxylic acids is 1. The molecular weight excluding hydrogens is 261 g/mol. The number of ether oxygens (including phenoxy) is 2. The molecule has 0 saturated heterocycles. The van der Waals surface area contributed by atoms with Crippen LogP contribution in [-0.4, -0.2) is 24.9 Å². The molecule has 0 radical (unpaired) electrons. The van der Waals surface area contributed by atoms with E-state index in [4.69, 9.17) is 14.7 Å². The molecule has 0 heterocycles. The van der Waals surface area contributed by atoms with Crippen LogP contribution in [0.1, 0.15) is 18.9 Å². The standard InChI is InChI=1S/C15H16FNO3/c1-2-20-13(18)14(10-17)9-15(14,16)11-19-8-12-6-4-3-5-7-12/h3-7H,2,8-9,11H2,1H3. The van der Waals surface area contributed by atoms with Crippen LogP contribution in [0.3, 0.4) is 0 Å². The molecule has 106 valence electrons. The summed E-state index contributed by atoms with van der Waals surface area (Å²) in [5.74, 6) is -0.798. The topological polar surface area (TPSA) is 59.3 Å². The molecule has 0 spiro atoms. The van der Waals surface area contributed by atoms with Crippen LogP contribution in [0.4, 0.5) is 4.39 Å². The Hall–Kier alpha value is -1.93. The summed E-state index contributed by atoms with van der Waals surface area (Å²) in [4.78, 5) is 11.7. The van der Waals surface area contributed by atoms with Crippen molar-refractivity contribution in [2.24, 2.45) is 5.41 Å². The molecule has 1 aliphatic carbocycles. The number of hydrogen-bond acceptors (Lipinski definition) is 4. The molecule has 0 aliphatic heterocycles. The molecule has 1 fully saturated rings. The number of hydrogen-bond donors (Lipinski definition) is 0. The lowest BCUT2D eigenvalue weighted by molar-refractivity contribution is -0.149. The fourth-order valence-corrected chi connectivity index (χ4v) is 2.15. The van der Waals surface area contributed by atoms with E-state index in [1.807, 2.05) is 30.3 Å². The van der Waals surface area contributed by atoms with Crippen molar-refractivity contribution >= 4 is 5.97 Å². The van der Waals surface area contributed by atoms with Crippen LogP contribution in [0, 0.1) is 16.7 Å². The van der Waals surface area contributed by atoms with E-state index in [1.165, 1.54) is 0 Å². The highest BCUT2D eigenvalue weighted by Crippen LogP contribution is 2.59. The van der Waals surface area contributed by atoms with Crippen molar-refractivity contribution in [1.29, 1.82) is 5.26 Å². The van der Waals surface area contributed by atoms with Crippen molar-refractivity contribution in [1.82, 2.24) is 0 Å². The monoisotopic (exact) mass is 277 g/mol. The molecule has 4 nitrogen and oxygen atoms in total. The Morgan fingerprint density at radius 1 is 1.45 bits per heavy atom. The van der Waals surface area contributed by atoms with Gasteiger partial charge in [0.2, 0.25) is 0 Å². The fraction of sp³-hybridized carbons (Fsp3) is 0.467. The number of halogens is 1. The van der Waals surface area contributed by atoms with Crippen molar-refractivity contribution in [3.63, 3.8) is 0 Å². The van der Waals surface area contributed by atoms with Gasteiger partial charge in [0.05, 0.1) is 25.9 Å². The highest BCUT2D eigenvalue weighted by atomic mass is 19.1. The molecule has 5 heteroatoms. The number of esters is 1. The van der Waals surface area contributed by atoms with Crippen LogP contribution in [0.5, 0.6) is 0 Å². The molecule has 0 amide bonds. The molecule has 2 unspecified atom stereocenters. The van der Waals surface area contributed by atoms with Crippen LogP contribution in [0.2, 0.25) is 0 Å². The van der Waals surface area contributed by atoms with Crippen molar-refractivity contribution in [2.45, 2.75) is 25.6 Å². The zero-order valence-electron chi connectivity index (χ0n) is 11.3. The summed E-state index contributed by atoms with van der Waals surface area (Å²) in [5, 5.41) is 9.06. The van der Waals surface area contributed by atoms with Gasteiger partial charge in [-0.25, -0.2) is 4.39 Å². The first kappa shape index (κ1) is 14.5. The van der Waals surface area contributed by atoms with Crippen LogP contribution in [0.15, 0.2) is 30.3 Å². The number of nitriles is 1. The Labute approximate surface area is 117 Å². The van der Waals surface area contributed by atoms with E-state index in [2.05, 4.69) is 0 Å². The lowest BCUT2D eigenvalue weighted by Gasteiger charge is -2.12. The van der Waals surface area contributed by atoms with Gasteiger partial charge in [0.1, 0.15) is 0 Å². The molecule has 20 heavy (non-hydrogen) atoms. The molecule has 1 aromatic rings. The van der Waals surface area contributed by atoms with Crippen molar-refractivity contribution in [2.75, 3.05) is 13.2 Å². The van der Waals surface area contributed by atoms with Gasteiger partial charge in [-0.05, 0) is 12.5 Å². The molecule has 1 aliphatic rings. The molecule has 1 saturated carbocycles. The van der Waals surface area contributed by atoms with Gasteiger partial charge in [0.15, 0.2) is 11.1 Å². The maximum absolute atomic E-state index is 14.4. The van der Waals surface area contributed by atoms with Crippen LogP contribution < -0.4 is 0 Å². The predicted molar refractivity (Wildman–Crippen MR) is 69.2 cm³/mol. The second-order valence-corrected chi connectivity index (χ2v) is 4.86. The molecule has 2 rings (SSSR count). The quantitative estimate of drug-likeness (QED) is 0.749. The van der Waals surface area contributed by atoms with Crippen molar-refractivity contribution in [3.05, 3.63) is 35.9 Å². The van der Waals surface area contributed by atoms with Crippen molar-refractivity contribution < 1.29 is 18.7 Å². The number of alkyl halides is 1. The third-order valence-corrected chi connectivity index (χ3v) is 3.44. The molecule has 0 N–H and O–H groups in total. The highest BCUT2D eigenvalue weighted by Gasteiger charge is 2.76. The van der Waals surface area contributed by atoms with E-state index in [9.17, 15) is 9.18 Å². The first-order chi connectivity index (χ1) is 9.58. The fourth-order valence-electron chi connectivity index (χ4n) is 2.15. The van der Waals surface area contributed by atoms with Gasteiger partial charge in [-0.15, -0.1) is 0 Å². The van der Waals surface area contributed by atoms with E-state index in [0.29, 0.717) is 0 Å². The Morgan fingerprint density at radius 2 is 2.15 bits per heavy atom. The Kier molecular flexibility index (Phi) is 4.05. The van der Waals surface area contributed by atoms with Gasteiger partial charge < -0.3 is 9.47 Å². The minimum Gasteiger partial charge on any atom is -0.465 e. The average Bonchev–Trinajstić information content (AvgIpc) is 3.07. The highest BCUT2D eigenvalue weighted by molar-refractivity contribution is 5.86. The molecule has 0 bridgehead atoms. The van der Waals surface area contributed by atoms with E-state index in [1.54, 1.807) is 13.0 Å². The lowest BCUT2D eigenvalue weighted by Crippen LogP contribution is -2.29. The van der Waals surface area contributed by atoms with Gasteiger partial charge in [0, 0.05) is 6.42 Å². The first-order valence-corrected chi connectivity index (χ1v) is 6.47. The SMILES string of the molecule is CCOC(=O)C1(C#N)CC1(F)COCc1ccccc1. The summed E-state index contributed by atoms with van der Waals surface area (Å²) >= 11 is 0. The summed E-state index contributed by atoms with van der Waals surface area (Å²) in [7, 11) is 0. The van der Waals surface area contributed by atoms with Crippen molar-refractivity contribution in [3.8, 4) is 6.07 Å². The third kappa shape index (κ3) is 2.52. The minimum absolute atomic E-state index is 0.128. The summed E-state index contributed by atoms with van der Waals surface area (Å²) < 4.78 is 24.5. The predicted octanol–water partition coefficient (Wildman–Crippen LogP) is 2.39. The second-order valence-electron chi connectivity index (χ2n) is 4.86. The van der Waals surface area contributed by atoms with Gasteiger partial charge in [-0.1, -0.05) is 30.3 Å². The van der Waals surface area contributed by atoms with Gasteiger partial charge in [-0.3, -0.25) is 4.79 Å². The van der Waals surface area contributed by atoms with Gasteiger partial charge in [-0.2, -0.15) is 5.26 Å².